The molecule has 4 saturated carbocycles. The molecule has 0 radical (unpaired) electrons. The minimum absolute atomic E-state index is 0.0519. The van der Waals surface area contributed by atoms with Gasteiger partial charge in [0.1, 0.15) is 5.78 Å². The van der Waals surface area contributed by atoms with E-state index in [0.29, 0.717) is 29.0 Å². The van der Waals surface area contributed by atoms with Gasteiger partial charge in [0.15, 0.2) is 0 Å². The largest absolute Gasteiger partial charge is 0.393 e. The van der Waals surface area contributed by atoms with Crippen LogP contribution in [-0.2, 0) is 4.79 Å². The van der Waals surface area contributed by atoms with Gasteiger partial charge in [-0.1, -0.05) is 57.2 Å². The molecule has 4 aliphatic rings. The second-order valence-corrected chi connectivity index (χ2v) is 14.2. The molecule has 4 fully saturated rings. The molecule has 0 heterocycles. The number of fused-ring (bicyclic) bond motifs is 5. The first-order chi connectivity index (χ1) is 17.8. The third-order valence-corrected chi connectivity index (χ3v) is 12.5. The molecule has 0 saturated heterocycles. The highest BCUT2D eigenvalue weighted by Gasteiger charge is 2.60. The predicted octanol–water partition coefficient (Wildman–Crippen LogP) is 8.74. The van der Waals surface area contributed by atoms with Gasteiger partial charge in [-0.25, -0.2) is 0 Å². The van der Waals surface area contributed by atoms with Gasteiger partial charge in [-0.05, 0) is 123 Å². The molecule has 2 heteroatoms. The molecule has 2 unspecified atom stereocenters. The molecule has 0 aliphatic heterocycles. The van der Waals surface area contributed by atoms with E-state index in [1.165, 1.54) is 50.5 Å². The molecule has 0 bridgehead atoms. The second-order valence-electron chi connectivity index (χ2n) is 14.2. The van der Waals surface area contributed by atoms with Crippen LogP contribution in [0.4, 0.5) is 0 Å². The molecular formula is C35H52O2. The first-order valence-corrected chi connectivity index (χ1v) is 15.6. The lowest BCUT2D eigenvalue weighted by molar-refractivity contribution is -0.129. The van der Waals surface area contributed by atoms with Crippen LogP contribution in [0.5, 0.6) is 0 Å². The zero-order valence-corrected chi connectivity index (χ0v) is 23.8. The second kappa shape index (κ2) is 11.0. The van der Waals surface area contributed by atoms with Gasteiger partial charge in [-0.2, -0.15) is 0 Å². The number of ketones is 1. The fourth-order valence-corrected chi connectivity index (χ4v) is 10.4. The summed E-state index contributed by atoms with van der Waals surface area (Å²) in [6.07, 6.45) is 16.9. The van der Waals surface area contributed by atoms with E-state index in [-0.39, 0.29) is 12.0 Å². The highest BCUT2D eigenvalue weighted by atomic mass is 16.3. The van der Waals surface area contributed by atoms with Gasteiger partial charge in [0, 0.05) is 18.8 Å². The van der Waals surface area contributed by atoms with Crippen LogP contribution in [0.25, 0.3) is 0 Å². The van der Waals surface area contributed by atoms with Crippen LogP contribution < -0.4 is 0 Å². The first-order valence-electron chi connectivity index (χ1n) is 15.6. The van der Waals surface area contributed by atoms with Crippen LogP contribution in [-0.4, -0.2) is 17.0 Å². The molecule has 10 atom stereocenters. The van der Waals surface area contributed by atoms with E-state index in [9.17, 15) is 9.90 Å². The van der Waals surface area contributed by atoms with Crippen LogP contribution in [0.15, 0.2) is 43.0 Å². The zero-order chi connectivity index (χ0) is 26.2. The quantitative estimate of drug-likeness (QED) is 0.341. The van der Waals surface area contributed by atoms with E-state index in [4.69, 9.17) is 0 Å². The number of hydrogen-bond acceptors (Lipinski definition) is 2. The van der Waals surface area contributed by atoms with Crippen molar-refractivity contribution in [3.8, 4) is 0 Å². The average Bonchev–Trinajstić information content (AvgIpc) is 3.26. The molecule has 204 valence electrons. The van der Waals surface area contributed by atoms with E-state index < -0.39 is 0 Å². The molecule has 2 nitrogen and oxygen atoms in total. The number of aliphatic hydroxyl groups excluding tert-OH is 1. The molecule has 0 aromatic heterocycles. The van der Waals surface area contributed by atoms with Gasteiger partial charge in [0.25, 0.3) is 0 Å². The Bertz CT molecular complexity index is 938. The van der Waals surface area contributed by atoms with Gasteiger partial charge in [-0.3, -0.25) is 4.79 Å². The van der Waals surface area contributed by atoms with Crippen molar-refractivity contribution in [2.45, 2.75) is 116 Å². The maximum atomic E-state index is 12.9. The summed E-state index contributed by atoms with van der Waals surface area (Å²) in [5.41, 5.74) is 2.19. The van der Waals surface area contributed by atoms with Crippen molar-refractivity contribution >= 4 is 5.78 Å². The number of rotatable bonds is 9. The standard InChI is InChI=1S/C35H52O2/c1-5-25(26-9-7-6-8-10-26)12-15-28(36)14-11-24(2)31-17-18-32-30-16-13-27-23-29(37)19-21-34(27,3)33(30)20-22-35(31,32)4/h5-10,24-25,27,29-33,37H,1,11-23H2,2-4H3/t24?,25-,27-,29-,30+,31?,32+,33+,34+,35-/m1/s1. The van der Waals surface area contributed by atoms with Crippen LogP contribution in [0.3, 0.4) is 0 Å². The summed E-state index contributed by atoms with van der Waals surface area (Å²) in [5.74, 6) is 5.50. The van der Waals surface area contributed by atoms with Crippen molar-refractivity contribution in [1.29, 1.82) is 0 Å². The van der Waals surface area contributed by atoms with Crippen molar-refractivity contribution in [2.75, 3.05) is 0 Å². The number of aliphatic hydroxyl groups is 1. The Kier molecular flexibility index (Phi) is 8.07. The normalized spacial score (nSPS) is 40.6. The number of carbonyl (C=O) groups excluding carboxylic acids is 1. The topological polar surface area (TPSA) is 37.3 Å². The summed E-state index contributed by atoms with van der Waals surface area (Å²) in [5, 5.41) is 10.3. The lowest BCUT2D eigenvalue weighted by Crippen LogP contribution is -2.54. The van der Waals surface area contributed by atoms with E-state index in [2.05, 4.69) is 51.6 Å². The van der Waals surface area contributed by atoms with Gasteiger partial charge in [-0.15, -0.1) is 6.58 Å². The molecule has 1 aromatic carbocycles. The minimum atomic E-state index is -0.0519. The van der Waals surface area contributed by atoms with Crippen molar-refractivity contribution in [2.24, 2.45) is 46.3 Å². The third-order valence-electron chi connectivity index (χ3n) is 12.5. The maximum Gasteiger partial charge on any atom is 0.132 e. The molecule has 0 amide bonds. The Balaban J connectivity index is 1.16. The number of Topliss-reactive ketones (excluding diaryl/α,β-unsaturated/α-hetero) is 1. The molecule has 1 aromatic rings. The highest BCUT2D eigenvalue weighted by molar-refractivity contribution is 5.78. The van der Waals surface area contributed by atoms with E-state index in [1.807, 2.05) is 12.1 Å². The van der Waals surface area contributed by atoms with E-state index >= 15 is 0 Å². The summed E-state index contributed by atoms with van der Waals surface area (Å²) < 4.78 is 0. The van der Waals surface area contributed by atoms with Crippen molar-refractivity contribution < 1.29 is 9.90 Å². The first kappa shape index (κ1) is 27.2. The minimum Gasteiger partial charge on any atom is -0.393 e. The van der Waals surface area contributed by atoms with Crippen molar-refractivity contribution in [1.82, 2.24) is 0 Å². The van der Waals surface area contributed by atoms with Crippen molar-refractivity contribution in [3.63, 3.8) is 0 Å². The van der Waals surface area contributed by atoms with Crippen LogP contribution in [0.2, 0.25) is 0 Å². The smallest absolute Gasteiger partial charge is 0.132 e. The fourth-order valence-electron chi connectivity index (χ4n) is 10.4. The van der Waals surface area contributed by atoms with Gasteiger partial charge in [0.05, 0.1) is 6.10 Å². The number of hydrogen-bond donors (Lipinski definition) is 1. The van der Waals surface area contributed by atoms with Crippen molar-refractivity contribution in [3.05, 3.63) is 48.6 Å². The SMILES string of the molecule is C=C[C@H](CCC(=O)CCC(C)C1CC[C@H]2[C@@H]3CC[C@@H]4C[C@H](O)CC[C@]4(C)[C@H]3CC[C@]12C)c1ccccc1. The maximum absolute atomic E-state index is 12.9. The Labute approximate surface area is 226 Å². The van der Waals surface area contributed by atoms with E-state index in [1.54, 1.807) is 0 Å². The molecule has 37 heavy (non-hydrogen) atoms. The molecule has 1 N–H and O–H groups in total. The van der Waals surface area contributed by atoms with Gasteiger partial charge >= 0.3 is 0 Å². The number of allylic oxidation sites excluding steroid dienone is 1. The number of carbonyl (C=O) groups is 1. The van der Waals surface area contributed by atoms with Crippen LogP contribution >= 0.6 is 0 Å². The molecule has 5 rings (SSSR count). The molecule has 0 spiro atoms. The van der Waals surface area contributed by atoms with E-state index in [0.717, 1.165) is 61.7 Å². The average molecular weight is 505 g/mol. The Morgan fingerprint density at radius 3 is 2.43 bits per heavy atom. The molecule has 4 aliphatic carbocycles. The summed E-state index contributed by atoms with van der Waals surface area (Å²) in [4.78, 5) is 12.9. The third kappa shape index (κ3) is 5.13. The fraction of sp³-hybridized carbons (Fsp3) is 0.743. The lowest BCUT2D eigenvalue weighted by atomic mass is 9.44. The molecular weight excluding hydrogens is 452 g/mol. The monoisotopic (exact) mass is 504 g/mol. The van der Waals surface area contributed by atoms with Crippen LogP contribution in [0, 0.1) is 46.3 Å². The van der Waals surface area contributed by atoms with Gasteiger partial charge in [0.2, 0.25) is 0 Å². The van der Waals surface area contributed by atoms with Crippen LogP contribution in [0.1, 0.15) is 116 Å². The zero-order valence-electron chi connectivity index (χ0n) is 23.8. The highest BCUT2D eigenvalue weighted by Crippen LogP contribution is 2.68. The predicted molar refractivity (Wildman–Crippen MR) is 153 cm³/mol. The Morgan fingerprint density at radius 2 is 1.68 bits per heavy atom. The summed E-state index contributed by atoms with van der Waals surface area (Å²) in [6.45, 7) is 11.7. The summed E-state index contributed by atoms with van der Waals surface area (Å²) >= 11 is 0. The summed E-state index contributed by atoms with van der Waals surface area (Å²) in [7, 11) is 0. The Morgan fingerprint density at radius 1 is 0.973 bits per heavy atom. The number of benzene rings is 1. The summed E-state index contributed by atoms with van der Waals surface area (Å²) in [6, 6.07) is 10.5. The lowest BCUT2D eigenvalue weighted by Gasteiger charge is -2.61. The Hall–Kier alpha value is -1.41. The van der Waals surface area contributed by atoms with Gasteiger partial charge < -0.3 is 5.11 Å².